The first-order valence-electron chi connectivity index (χ1n) is 7.18. The van der Waals surface area contributed by atoms with Crippen LogP contribution in [0.5, 0.6) is 0 Å². The van der Waals surface area contributed by atoms with Gasteiger partial charge in [0, 0.05) is 6.20 Å². The van der Waals surface area contributed by atoms with Gasteiger partial charge in [0.2, 0.25) is 0 Å². The van der Waals surface area contributed by atoms with E-state index in [-0.39, 0.29) is 4.64 Å². The molecule has 2 rings (SSSR count). The second kappa shape index (κ2) is 8.85. The van der Waals surface area contributed by atoms with Gasteiger partial charge in [0.25, 0.3) is 0 Å². The Labute approximate surface area is 165 Å². The van der Waals surface area contributed by atoms with Crippen LogP contribution in [0.25, 0.3) is 0 Å². The number of halogens is 1. The predicted octanol–water partition coefficient (Wildman–Crippen LogP) is -0.154. The highest BCUT2D eigenvalue weighted by Crippen LogP contribution is 2.66. The van der Waals surface area contributed by atoms with Crippen molar-refractivity contribution in [2.75, 3.05) is 6.61 Å². The quantitative estimate of drug-likeness (QED) is 0.201. The number of H-pyrrole nitrogens is 1. The third kappa shape index (κ3) is 6.94. The Bertz CT molecular complexity index is 1010. The number of aliphatic hydroxyl groups excluding tert-OH is 1. The first-order chi connectivity index (χ1) is 13.1. The molecule has 0 amide bonds. The summed E-state index contributed by atoms with van der Waals surface area (Å²) < 4.78 is 64.7. The fourth-order valence-electron chi connectivity index (χ4n) is 2.17. The predicted molar refractivity (Wildman–Crippen MR) is 90.5 cm³/mol. The number of phosphoric ester groups is 1. The summed E-state index contributed by atoms with van der Waals surface area (Å²) in [4.78, 5) is 49.3. The normalized spacial score (nSPS) is 29.3. The van der Waals surface area contributed by atoms with Gasteiger partial charge in [0.15, 0.2) is 12.4 Å². The van der Waals surface area contributed by atoms with Gasteiger partial charge in [-0.1, -0.05) is 12.2 Å². The van der Waals surface area contributed by atoms with Gasteiger partial charge in [-0.05, 0) is 6.07 Å². The Morgan fingerprint density at radius 1 is 1.21 bits per heavy atom. The molecular weight excluding hydrogens is 488 g/mol. The number of nitrogens with one attached hydrogen (secondary N) is 1. The molecule has 15 nitrogen and oxygen atoms in total. The van der Waals surface area contributed by atoms with E-state index in [4.69, 9.17) is 31.6 Å². The number of nitrogens with zero attached hydrogens (tertiary/aromatic N) is 1. The number of aromatic nitrogens is 2. The van der Waals surface area contributed by atoms with Crippen LogP contribution in [0.1, 0.15) is 6.23 Å². The molecule has 20 heteroatoms. The minimum absolute atomic E-state index is 0.0553. The standard InChI is InChI=1S/C9H14FN2O13P3S/c10-6-4(3-22-27(18,19)25-28(20,21)24-26(15,16)17)23-8(7(6)13)12-2-1-5(29)11-9(12)14/h1-2,4,6-8,13H,3H2,(H,18,19)(H,20,21)(H,11,14,29)(H2,15,16,17)/t4-,6?,7?,8-/m0/s1. The van der Waals surface area contributed by atoms with Crippen LogP contribution in [0, 0.1) is 4.64 Å². The lowest BCUT2D eigenvalue weighted by atomic mass is 10.1. The molecule has 1 aromatic heterocycles. The summed E-state index contributed by atoms with van der Waals surface area (Å²) in [5.74, 6) is 0. The van der Waals surface area contributed by atoms with Gasteiger partial charge in [0.05, 0.1) is 6.61 Å². The zero-order chi connectivity index (χ0) is 22.2. The van der Waals surface area contributed by atoms with Crippen molar-refractivity contribution in [3.05, 3.63) is 27.4 Å². The average molecular weight is 502 g/mol. The van der Waals surface area contributed by atoms with Crippen molar-refractivity contribution < 1.29 is 60.6 Å². The maximum absolute atomic E-state index is 14.2. The molecule has 6 N–H and O–H groups in total. The first kappa shape index (κ1) is 24.6. The van der Waals surface area contributed by atoms with Crippen LogP contribution in [-0.2, 0) is 31.6 Å². The molecule has 166 valence electrons. The number of ether oxygens (including phenoxy) is 1. The topological polar surface area (TPSA) is 227 Å². The molecule has 29 heavy (non-hydrogen) atoms. The Balaban J connectivity index is 2.06. The van der Waals surface area contributed by atoms with Crippen molar-refractivity contribution in [3.8, 4) is 0 Å². The molecule has 1 aromatic rings. The Morgan fingerprint density at radius 3 is 2.38 bits per heavy atom. The van der Waals surface area contributed by atoms with Gasteiger partial charge in [-0.2, -0.15) is 8.62 Å². The zero-order valence-corrected chi connectivity index (χ0v) is 17.2. The van der Waals surface area contributed by atoms with E-state index in [1.165, 1.54) is 6.07 Å². The van der Waals surface area contributed by atoms with Gasteiger partial charge < -0.3 is 29.4 Å². The largest absolute Gasteiger partial charge is 0.490 e. The second-order valence-electron chi connectivity index (χ2n) is 5.40. The number of rotatable bonds is 8. The number of alkyl halides is 1. The second-order valence-corrected chi connectivity index (χ2v) is 10.3. The minimum atomic E-state index is -5.74. The average Bonchev–Trinajstić information content (AvgIpc) is 2.78. The number of phosphoric acid groups is 3. The third-order valence-electron chi connectivity index (χ3n) is 3.23. The monoisotopic (exact) mass is 502 g/mol. The van der Waals surface area contributed by atoms with Crippen LogP contribution in [0.2, 0.25) is 0 Å². The number of hydrogen-bond acceptors (Lipinski definition) is 10. The van der Waals surface area contributed by atoms with E-state index in [0.717, 1.165) is 10.8 Å². The fraction of sp³-hybridized carbons (Fsp3) is 0.556. The van der Waals surface area contributed by atoms with Crippen molar-refractivity contribution in [1.82, 2.24) is 9.55 Å². The lowest BCUT2D eigenvalue weighted by molar-refractivity contribution is -0.0530. The van der Waals surface area contributed by atoms with Crippen molar-refractivity contribution in [2.24, 2.45) is 0 Å². The third-order valence-corrected chi connectivity index (χ3v) is 7.27. The van der Waals surface area contributed by atoms with Gasteiger partial charge in [-0.15, -0.1) is 0 Å². The molecule has 0 spiro atoms. The Kier molecular flexibility index (Phi) is 7.51. The van der Waals surface area contributed by atoms with E-state index in [1.54, 1.807) is 0 Å². The van der Waals surface area contributed by atoms with E-state index < -0.39 is 60.4 Å². The van der Waals surface area contributed by atoms with E-state index in [2.05, 4.69) is 18.1 Å². The van der Waals surface area contributed by atoms with Crippen LogP contribution in [0.3, 0.4) is 0 Å². The SMILES string of the molecule is O=c1[nH]c(=S)ccn1[C@H]1O[C@@H](COP(=O)(O)OP(=O)(O)OP(=O)(O)O)C(F)C1O. The zero-order valence-electron chi connectivity index (χ0n) is 13.7. The molecule has 6 atom stereocenters. The maximum atomic E-state index is 14.2. The van der Waals surface area contributed by atoms with Crippen molar-refractivity contribution in [2.45, 2.75) is 24.6 Å². The molecule has 0 radical (unpaired) electrons. The van der Waals surface area contributed by atoms with Gasteiger partial charge in [0.1, 0.15) is 16.8 Å². The summed E-state index contributed by atoms with van der Waals surface area (Å²) in [6, 6.07) is 1.25. The maximum Gasteiger partial charge on any atom is 0.490 e. The van der Waals surface area contributed by atoms with E-state index in [9.17, 15) is 32.9 Å². The van der Waals surface area contributed by atoms with Gasteiger partial charge >= 0.3 is 29.2 Å². The smallest absolute Gasteiger partial charge is 0.385 e. The molecule has 1 saturated heterocycles. The minimum Gasteiger partial charge on any atom is -0.385 e. The molecular formula is C9H14FN2O13P3S. The summed E-state index contributed by atoms with van der Waals surface area (Å²) in [5.41, 5.74) is -0.845. The van der Waals surface area contributed by atoms with Gasteiger partial charge in [-0.25, -0.2) is 22.9 Å². The molecule has 1 aliphatic heterocycles. The Hall–Kier alpha value is -0.640. The van der Waals surface area contributed by atoms with Crippen molar-refractivity contribution in [3.63, 3.8) is 0 Å². The number of hydrogen-bond donors (Lipinski definition) is 6. The molecule has 1 aliphatic rings. The molecule has 0 aliphatic carbocycles. The van der Waals surface area contributed by atoms with E-state index in [1.807, 2.05) is 0 Å². The van der Waals surface area contributed by atoms with Crippen molar-refractivity contribution in [1.29, 1.82) is 0 Å². The summed E-state index contributed by atoms with van der Waals surface area (Å²) in [5, 5.41) is 9.91. The van der Waals surface area contributed by atoms with Crippen LogP contribution < -0.4 is 5.69 Å². The molecule has 1 fully saturated rings. The lowest BCUT2D eigenvalue weighted by Crippen LogP contribution is -2.34. The number of aliphatic hydroxyl groups is 1. The highest BCUT2D eigenvalue weighted by Gasteiger charge is 2.47. The highest BCUT2D eigenvalue weighted by atomic mass is 32.1. The fourth-order valence-corrected chi connectivity index (χ4v) is 5.35. The molecule has 4 unspecified atom stereocenters. The molecule has 0 saturated carbocycles. The Morgan fingerprint density at radius 2 is 1.83 bits per heavy atom. The number of aromatic amines is 1. The summed E-state index contributed by atoms with van der Waals surface area (Å²) in [7, 11) is -16.8. The molecule has 0 aromatic carbocycles. The molecule has 2 heterocycles. The van der Waals surface area contributed by atoms with Crippen molar-refractivity contribution >= 4 is 35.7 Å². The van der Waals surface area contributed by atoms with Crippen LogP contribution in [-0.4, -0.2) is 59.2 Å². The van der Waals surface area contributed by atoms with Crippen LogP contribution in [0.4, 0.5) is 4.39 Å². The van der Waals surface area contributed by atoms with E-state index >= 15 is 0 Å². The molecule has 0 bridgehead atoms. The lowest BCUT2D eigenvalue weighted by Gasteiger charge is -2.18. The van der Waals surface area contributed by atoms with Crippen LogP contribution in [0.15, 0.2) is 17.1 Å². The summed E-state index contributed by atoms with van der Waals surface area (Å²) in [6.45, 7) is -1.13. The summed E-state index contributed by atoms with van der Waals surface area (Å²) in [6.07, 6.45) is -6.35. The van der Waals surface area contributed by atoms with Crippen LogP contribution >= 0.6 is 35.7 Å². The van der Waals surface area contributed by atoms with Gasteiger partial charge in [-0.3, -0.25) is 14.1 Å². The van der Waals surface area contributed by atoms with E-state index in [0.29, 0.717) is 0 Å². The highest BCUT2D eigenvalue weighted by molar-refractivity contribution is 7.71. The summed E-state index contributed by atoms with van der Waals surface area (Å²) >= 11 is 4.73. The first-order valence-corrected chi connectivity index (χ1v) is 12.1.